The van der Waals surface area contributed by atoms with Crippen molar-refractivity contribution in [2.45, 2.75) is 31.1 Å². The maximum atomic E-state index is 11.8. The number of anilines is 1. The first kappa shape index (κ1) is 17.9. The molecule has 0 bridgehead atoms. The molecule has 0 amide bonds. The van der Waals surface area contributed by atoms with Crippen molar-refractivity contribution in [1.82, 2.24) is 0 Å². The lowest BCUT2D eigenvalue weighted by Crippen LogP contribution is -2.43. The Balaban J connectivity index is 1.77. The Labute approximate surface area is 171 Å². The second-order valence-electron chi connectivity index (χ2n) is 8.38. The lowest BCUT2D eigenvalue weighted by atomic mass is 9.68. The number of non-ortho nitro benzene ring substituents is 1. The van der Waals surface area contributed by atoms with E-state index in [2.05, 4.69) is 60.4 Å². The first-order valence-electron chi connectivity index (χ1n) is 10.3. The third kappa shape index (κ3) is 2.82. The van der Waals surface area contributed by atoms with E-state index in [0.29, 0.717) is 0 Å². The normalized spacial score (nSPS) is 22.8. The zero-order valence-electron chi connectivity index (χ0n) is 16.5. The van der Waals surface area contributed by atoms with Crippen molar-refractivity contribution in [3.8, 4) is 0 Å². The molecule has 0 spiro atoms. The molecule has 4 heteroatoms. The monoisotopic (exact) mass is 384 g/mol. The van der Waals surface area contributed by atoms with Crippen molar-refractivity contribution >= 4 is 11.4 Å². The van der Waals surface area contributed by atoms with E-state index in [-0.39, 0.29) is 21.9 Å². The number of hydrogen-bond donors (Lipinski definition) is 0. The summed E-state index contributed by atoms with van der Waals surface area (Å²) in [5, 5.41) is 11.8. The molecule has 4 nitrogen and oxygen atoms in total. The van der Waals surface area contributed by atoms with Crippen LogP contribution in [0.1, 0.15) is 47.9 Å². The Kier molecular flexibility index (Phi) is 4.16. The molecule has 0 saturated heterocycles. The Morgan fingerprint density at radius 3 is 2.38 bits per heavy atom. The molecule has 3 aromatic carbocycles. The smallest absolute Gasteiger partial charge is 0.270 e. The predicted molar refractivity (Wildman–Crippen MR) is 116 cm³/mol. The Bertz CT molecular complexity index is 1060. The molecule has 5 rings (SSSR count). The summed E-state index contributed by atoms with van der Waals surface area (Å²) in [6.45, 7) is 4.21. The second kappa shape index (κ2) is 6.73. The number of hydrogen-bond acceptors (Lipinski definition) is 3. The molecular weight excluding hydrogens is 360 g/mol. The molecule has 29 heavy (non-hydrogen) atoms. The van der Waals surface area contributed by atoms with Gasteiger partial charge in [0.2, 0.25) is 0 Å². The van der Waals surface area contributed by atoms with Crippen LogP contribution >= 0.6 is 0 Å². The van der Waals surface area contributed by atoms with Gasteiger partial charge < -0.3 is 4.90 Å². The summed E-state index contributed by atoms with van der Waals surface area (Å²) in [5.74, 6) is 0.194. The second-order valence-corrected chi connectivity index (χ2v) is 8.38. The van der Waals surface area contributed by atoms with Gasteiger partial charge in [0.05, 0.1) is 4.92 Å². The maximum absolute atomic E-state index is 11.8. The molecular formula is C25H24N2O2. The molecule has 2 aliphatic rings. The van der Waals surface area contributed by atoms with E-state index in [1.807, 2.05) is 24.3 Å². The van der Waals surface area contributed by atoms with Gasteiger partial charge in [0.1, 0.15) is 0 Å². The largest absolute Gasteiger partial charge is 0.371 e. The number of nitrogens with zero attached hydrogens (tertiary/aromatic N) is 2. The fourth-order valence-corrected chi connectivity index (χ4v) is 5.19. The van der Waals surface area contributed by atoms with Crippen LogP contribution in [-0.2, 0) is 5.41 Å². The van der Waals surface area contributed by atoms with Gasteiger partial charge in [-0.05, 0) is 35.1 Å². The molecule has 0 fully saturated rings. The van der Waals surface area contributed by atoms with E-state index in [1.165, 1.54) is 16.8 Å². The molecule has 146 valence electrons. The molecule has 0 N–H and O–H groups in total. The van der Waals surface area contributed by atoms with Crippen LogP contribution in [0.25, 0.3) is 0 Å². The first-order chi connectivity index (χ1) is 14.1. The molecule has 0 aliphatic carbocycles. The molecule has 3 aromatic rings. The van der Waals surface area contributed by atoms with Crippen LogP contribution in [0.2, 0.25) is 0 Å². The van der Waals surface area contributed by atoms with Gasteiger partial charge in [-0.25, -0.2) is 0 Å². The molecule has 0 saturated carbocycles. The highest BCUT2D eigenvalue weighted by Crippen LogP contribution is 2.52. The minimum atomic E-state index is -0.238. The molecule has 0 aromatic heterocycles. The molecule has 0 unspecified atom stereocenters. The van der Waals surface area contributed by atoms with Gasteiger partial charge >= 0.3 is 0 Å². The van der Waals surface area contributed by atoms with Gasteiger partial charge in [0.25, 0.3) is 5.69 Å². The van der Waals surface area contributed by atoms with Gasteiger partial charge in [-0.2, -0.15) is 0 Å². The summed E-state index contributed by atoms with van der Waals surface area (Å²) in [4.78, 5) is 14.0. The van der Waals surface area contributed by atoms with Gasteiger partial charge in [-0.3, -0.25) is 10.1 Å². The van der Waals surface area contributed by atoms with Gasteiger partial charge in [0.15, 0.2) is 0 Å². The van der Waals surface area contributed by atoms with Gasteiger partial charge in [-0.15, -0.1) is 0 Å². The van der Waals surface area contributed by atoms with Crippen LogP contribution in [-0.4, -0.2) is 18.0 Å². The number of rotatable bonds is 3. The third-order valence-electron chi connectivity index (χ3n) is 6.80. The Hall–Kier alpha value is -3.14. The zero-order valence-corrected chi connectivity index (χ0v) is 16.5. The number of nitro groups is 1. The molecule has 2 aliphatic heterocycles. The SMILES string of the molecule is C[C@@]1(c2ccccc2)CCN2CC[C@@H](c3ccccc3)c3cc([N+](=O)[O-])cc1c32. The standard InChI is InChI=1S/C25H24N2O2/c1-25(19-10-6-3-7-11-19)13-15-26-14-12-21(18-8-4-2-5-9-18)22-16-20(27(28)29)17-23(25)24(22)26/h2-11,16-17,21H,12-15H2,1H3/t21-,25-/m0/s1. The summed E-state index contributed by atoms with van der Waals surface area (Å²) in [7, 11) is 0. The summed E-state index contributed by atoms with van der Waals surface area (Å²) >= 11 is 0. The first-order valence-corrected chi connectivity index (χ1v) is 10.3. The van der Waals surface area contributed by atoms with Crippen LogP contribution in [0.5, 0.6) is 0 Å². The topological polar surface area (TPSA) is 46.4 Å². The minimum absolute atomic E-state index is 0.194. The fraction of sp³-hybridized carbons (Fsp3) is 0.280. The van der Waals surface area contributed by atoms with Crippen molar-refractivity contribution in [2.24, 2.45) is 0 Å². The highest BCUT2D eigenvalue weighted by Gasteiger charge is 2.42. The van der Waals surface area contributed by atoms with Crippen molar-refractivity contribution < 1.29 is 4.92 Å². The summed E-state index contributed by atoms with van der Waals surface area (Å²) in [6.07, 6.45) is 1.94. The van der Waals surface area contributed by atoms with Crippen molar-refractivity contribution in [2.75, 3.05) is 18.0 Å². The number of benzene rings is 3. The number of nitro benzene ring substituents is 1. The Morgan fingerprint density at radius 1 is 1.00 bits per heavy atom. The van der Waals surface area contributed by atoms with E-state index < -0.39 is 0 Å². The van der Waals surface area contributed by atoms with E-state index >= 15 is 0 Å². The van der Waals surface area contributed by atoms with E-state index in [0.717, 1.165) is 37.1 Å². The Morgan fingerprint density at radius 2 is 1.69 bits per heavy atom. The highest BCUT2D eigenvalue weighted by atomic mass is 16.6. The molecule has 2 atom stereocenters. The summed E-state index contributed by atoms with van der Waals surface area (Å²) < 4.78 is 0. The van der Waals surface area contributed by atoms with Crippen molar-refractivity contribution in [1.29, 1.82) is 0 Å². The lowest BCUT2D eigenvalue weighted by molar-refractivity contribution is -0.385. The predicted octanol–water partition coefficient (Wildman–Crippen LogP) is 5.65. The minimum Gasteiger partial charge on any atom is -0.371 e. The van der Waals surface area contributed by atoms with Crippen LogP contribution < -0.4 is 4.90 Å². The van der Waals surface area contributed by atoms with E-state index in [1.54, 1.807) is 0 Å². The molecule has 0 radical (unpaired) electrons. The average Bonchev–Trinajstić information content (AvgIpc) is 2.77. The van der Waals surface area contributed by atoms with Crippen LogP contribution in [0.4, 0.5) is 11.4 Å². The molecule has 2 heterocycles. The lowest BCUT2D eigenvalue weighted by Gasteiger charge is -2.47. The van der Waals surface area contributed by atoms with Crippen molar-refractivity contribution in [3.63, 3.8) is 0 Å². The van der Waals surface area contributed by atoms with E-state index in [4.69, 9.17) is 0 Å². The maximum Gasteiger partial charge on any atom is 0.270 e. The van der Waals surface area contributed by atoms with Crippen LogP contribution in [0, 0.1) is 10.1 Å². The zero-order chi connectivity index (χ0) is 20.0. The quantitative estimate of drug-likeness (QED) is 0.433. The third-order valence-corrected chi connectivity index (χ3v) is 6.80. The van der Waals surface area contributed by atoms with Crippen LogP contribution in [0.15, 0.2) is 72.8 Å². The summed E-state index contributed by atoms with van der Waals surface area (Å²) in [6, 6.07) is 24.5. The average molecular weight is 384 g/mol. The van der Waals surface area contributed by atoms with E-state index in [9.17, 15) is 10.1 Å². The van der Waals surface area contributed by atoms with Crippen molar-refractivity contribution in [3.05, 3.63) is 105 Å². The van der Waals surface area contributed by atoms with Gasteiger partial charge in [0, 0.05) is 42.2 Å². The van der Waals surface area contributed by atoms with Gasteiger partial charge in [-0.1, -0.05) is 67.6 Å². The van der Waals surface area contributed by atoms with Crippen LogP contribution in [0.3, 0.4) is 0 Å². The fourth-order valence-electron chi connectivity index (χ4n) is 5.19. The highest BCUT2D eigenvalue weighted by molar-refractivity contribution is 5.72. The summed E-state index contributed by atoms with van der Waals surface area (Å²) in [5.41, 5.74) is 5.85.